The number of fused-ring (bicyclic) bond motifs is 3. The summed E-state index contributed by atoms with van der Waals surface area (Å²) in [6.45, 7) is 7.91. The minimum absolute atomic E-state index is 0.0761. The molecule has 3 aliphatic rings. The summed E-state index contributed by atoms with van der Waals surface area (Å²) in [6.07, 6.45) is 1.65. The molecule has 7 rings (SSSR count). The highest BCUT2D eigenvalue weighted by atomic mass is 32.2. The fourth-order valence-corrected chi connectivity index (χ4v) is 9.88. The number of aromatic nitrogens is 2. The molecular weight excluding hydrogens is 953 g/mol. The molecule has 2 unspecified atom stereocenters. The Kier molecular flexibility index (Phi) is 22.5. The number of anilines is 1. The Morgan fingerprint density at radius 2 is 1.25 bits per heavy atom. The van der Waals surface area contributed by atoms with Crippen LogP contribution in [-0.2, 0) is 62.4 Å². The van der Waals surface area contributed by atoms with E-state index in [4.69, 9.17) is 33.2 Å². The number of hydrogen-bond donors (Lipinski definition) is 1. The number of methoxy groups -OCH3 is 2. The lowest BCUT2D eigenvalue weighted by Crippen LogP contribution is -2.36. The molecule has 73 heavy (non-hydrogen) atoms. The molecule has 0 radical (unpaired) electrons. The van der Waals surface area contributed by atoms with E-state index in [0.717, 1.165) is 58.1 Å². The second-order valence-electron chi connectivity index (χ2n) is 17.9. The molecule has 1 saturated carbocycles. The molecule has 18 heteroatoms. The molecular formula is C55H68N6O11S. The van der Waals surface area contributed by atoms with Crippen molar-refractivity contribution in [3.63, 3.8) is 0 Å². The molecule has 1 aliphatic carbocycles. The van der Waals surface area contributed by atoms with Crippen LogP contribution in [0.1, 0.15) is 74.7 Å². The lowest BCUT2D eigenvalue weighted by atomic mass is 10.0. The minimum atomic E-state index is -0.480. The lowest BCUT2D eigenvalue weighted by molar-refractivity contribution is -0.125. The van der Waals surface area contributed by atoms with Crippen molar-refractivity contribution >= 4 is 41.2 Å². The highest BCUT2D eigenvalue weighted by Crippen LogP contribution is 2.33. The van der Waals surface area contributed by atoms with E-state index in [-0.39, 0.29) is 48.3 Å². The van der Waals surface area contributed by atoms with E-state index in [1.54, 1.807) is 17.0 Å². The number of esters is 2. The summed E-state index contributed by atoms with van der Waals surface area (Å²) in [4.78, 5) is 66.1. The Hall–Kier alpha value is -5.75. The molecule has 2 amide bonds. The predicted octanol–water partition coefficient (Wildman–Crippen LogP) is 5.17. The lowest BCUT2D eigenvalue weighted by Gasteiger charge is -2.27. The Bertz CT molecular complexity index is 2400. The highest BCUT2D eigenvalue weighted by molar-refractivity contribution is 7.99. The summed E-state index contributed by atoms with van der Waals surface area (Å²) in [6, 6.07) is 26.1. The van der Waals surface area contributed by atoms with Gasteiger partial charge in [0.05, 0.1) is 103 Å². The third kappa shape index (κ3) is 17.7. The smallest absolute Gasteiger partial charge is 0.356 e. The van der Waals surface area contributed by atoms with Crippen LogP contribution in [0.4, 0.5) is 5.69 Å². The molecule has 0 spiro atoms. The largest absolute Gasteiger partial charge is 0.464 e. The van der Waals surface area contributed by atoms with E-state index >= 15 is 0 Å². The topological polar surface area (TPSA) is 180 Å². The van der Waals surface area contributed by atoms with E-state index in [1.165, 1.54) is 14.2 Å². The summed E-state index contributed by atoms with van der Waals surface area (Å²) >= 11 is 1.83. The van der Waals surface area contributed by atoms with Crippen molar-refractivity contribution in [3.05, 3.63) is 124 Å². The molecule has 1 saturated heterocycles. The van der Waals surface area contributed by atoms with Crippen molar-refractivity contribution in [1.29, 1.82) is 0 Å². The van der Waals surface area contributed by atoms with Crippen molar-refractivity contribution < 1.29 is 52.3 Å². The van der Waals surface area contributed by atoms with E-state index in [2.05, 4.69) is 36.9 Å². The van der Waals surface area contributed by atoms with Gasteiger partial charge in [0.25, 0.3) is 0 Å². The first-order chi connectivity index (χ1) is 35.8. The standard InChI is InChI=1S/C55H68N6O11S/c1-66-54(64)47-14-7-12-45(57-47)38-59-22-27-69-31-32-70-28-23-60(39-46-13-8-15-48(58-46)55(65)67-2)25-30-72-51-36-41(35-50(51)71-29-24-59)40-73-34-33-68-26-21-56-52(62)19-20-53(63)61-37-44-11-4-3-9-42(44)17-18-43-10-5-6-16-49(43)61/h3-16,41,50-51H,19-40H2,1-2H3,(H,56,62). The second kappa shape index (κ2) is 29.8. The first-order valence-electron chi connectivity index (χ1n) is 25.1. The minimum Gasteiger partial charge on any atom is -0.464 e. The zero-order chi connectivity index (χ0) is 51.0. The fourth-order valence-electron chi connectivity index (χ4n) is 8.87. The van der Waals surface area contributed by atoms with Gasteiger partial charge < -0.3 is 43.4 Å². The fraction of sp³-hybridized carbons (Fsp3) is 0.491. The van der Waals surface area contributed by atoms with Crippen molar-refractivity contribution in [2.24, 2.45) is 5.92 Å². The third-order valence-corrected chi connectivity index (χ3v) is 13.9. The Labute approximate surface area is 432 Å². The highest BCUT2D eigenvalue weighted by Gasteiger charge is 2.36. The Morgan fingerprint density at radius 1 is 0.671 bits per heavy atom. The molecule has 2 aromatic heterocycles. The predicted molar refractivity (Wildman–Crippen MR) is 276 cm³/mol. The number of carbonyl (C=O) groups is 4. The van der Waals surface area contributed by atoms with Crippen LogP contribution in [-0.4, -0.2) is 167 Å². The van der Waals surface area contributed by atoms with Gasteiger partial charge in [-0.25, -0.2) is 19.6 Å². The molecule has 17 nitrogen and oxygen atoms in total. The molecule has 2 fully saturated rings. The van der Waals surface area contributed by atoms with Crippen LogP contribution in [0.25, 0.3) is 0 Å². The first kappa shape index (κ1) is 55.0. The van der Waals surface area contributed by atoms with Crippen LogP contribution in [0.5, 0.6) is 0 Å². The zero-order valence-corrected chi connectivity index (χ0v) is 42.8. The molecule has 1 N–H and O–H groups in total. The van der Waals surface area contributed by atoms with Crippen molar-refractivity contribution in [2.45, 2.75) is 57.5 Å². The number of pyridine rings is 2. The second-order valence-corrected chi connectivity index (χ2v) is 19.0. The van der Waals surface area contributed by atoms with Gasteiger partial charge in [-0.2, -0.15) is 11.8 Å². The van der Waals surface area contributed by atoms with Gasteiger partial charge in [-0.15, -0.1) is 0 Å². The van der Waals surface area contributed by atoms with Gasteiger partial charge in [0, 0.05) is 75.5 Å². The van der Waals surface area contributed by atoms with E-state index in [0.29, 0.717) is 111 Å². The van der Waals surface area contributed by atoms with Gasteiger partial charge in [0.2, 0.25) is 11.8 Å². The van der Waals surface area contributed by atoms with E-state index < -0.39 is 11.9 Å². The normalized spacial score (nSPS) is 19.3. The van der Waals surface area contributed by atoms with Gasteiger partial charge in [0.1, 0.15) is 11.4 Å². The molecule has 2 aliphatic heterocycles. The first-order valence-corrected chi connectivity index (χ1v) is 26.2. The number of thioether (sulfide) groups is 1. The van der Waals surface area contributed by atoms with Crippen LogP contribution in [0.2, 0.25) is 0 Å². The van der Waals surface area contributed by atoms with Crippen LogP contribution in [0.15, 0.2) is 84.9 Å². The summed E-state index contributed by atoms with van der Waals surface area (Å²) in [5.74, 6) is 7.25. The van der Waals surface area contributed by atoms with Gasteiger partial charge >= 0.3 is 11.9 Å². The summed E-state index contributed by atoms with van der Waals surface area (Å²) in [5.41, 5.74) is 5.40. The maximum absolute atomic E-state index is 13.6. The number of nitrogens with one attached hydrogen (secondary N) is 1. The molecule has 0 bridgehead atoms. The number of carbonyl (C=O) groups excluding carboxylic acids is 4. The SMILES string of the molecule is COC(=O)c1cccc(CN2CCOCCOCCN(Cc3cccc(C(=O)OC)n3)CCOC3CC(CSCCOCCNC(=O)CCC(=O)N4Cc5ccccc5C#Cc5ccccc54)CC3OCC2)n1. The third-order valence-electron chi connectivity index (χ3n) is 12.7. The molecule has 4 aromatic rings. The molecule has 390 valence electrons. The van der Waals surface area contributed by atoms with Crippen LogP contribution >= 0.6 is 11.8 Å². The van der Waals surface area contributed by atoms with Crippen LogP contribution in [0, 0.1) is 17.8 Å². The summed E-state index contributed by atoms with van der Waals surface area (Å²) in [7, 11) is 2.69. The number of ether oxygens (including phenoxy) is 7. The van der Waals surface area contributed by atoms with Crippen molar-refractivity contribution in [3.8, 4) is 11.8 Å². The van der Waals surface area contributed by atoms with Gasteiger partial charge in [-0.3, -0.25) is 19.4 Å². The maximum atomic E-state index is 13.6. The Balaban J connectivity index is 0.867. The van der Waals surface area contributed by atoms with Crippen molar-refractivity contribution in [1.82, 2.24) is 25.1 Å². The number of para-hydroxylation sites is 1. The van der Waals surface area contributed by atoms with Crippen molar-refractivity contribution in [2.75, 3.05) is 116 Å². The Morgan fingerprint density at radius 3 is 1.88 bits per heavy atom. The number of rotatable bonds is 17. The number of benzene rings is 2. The van der Waals surface area contributed by atoms with Gasteiger partial charge in [0.15, 0.2) is 0 Å². The van der Waals surface area contributed by atoms with Gasteiger partial charge in [-0.05, 0) is 72.5 Å². The van der Waals surface area contributed by atoms with E-state index in [9.17, 15) is 19.2 Å². The molecule has 4 heterocycles. The number of nitrogens with zero attached hydrogens (tertiary/aromatic N) is 5. The van der Waals surface area contributed by atoms with E-state index in [1.807, 2.05) is 84.6 Å². The average Bonchev–Trinajstić information content (AvgIpc) is 3.79. The molecule has 2 aromatic carbocycles. The summed E-state index contributed by atoms with van der Waals surface area (Å²) < 4.78 is 41.0. The van der Waals surface area contributed by atoms with Gasteiger partial charge in [-0.1, -0.05) is 54.3 Å². The summed E-state index contributed by atoms with van der Waals surface area (Å²) in [5, 5.41) is 2.90. The molecule has 2 atom stereocenters. The average molecular weight is 1020 g/mol. The maximum Gasteiger partial charge on any atom is 0.356 e. The van der Waals surface area contributed by atoms with Crippen LogP contribution < -0.4 is 10.2 Å². The number of hydrogen-bond acceptors (Lipinski definition) is 16. The quantitative estimate of drug-likeness (QED) is 0.0831. The van der Waals surface area contributed by atoms with Crippen LogP contribution in [0.3, 0.4) is 0 Å². The number of amides is 2. The monoisotopic (exact) mass is 1020 g/mol. The zero-order valence-electron chi connectivity index (χ0n) is 42.0.